The van der Waals surface area contributed by atoms with Gasteiger partial charge in [-0.15, -0.1) is 0 Å². The zero-order valence-electron chi connectivity index (χ0n) is 35.6. The van der Waals surface area contributed by atoms with Crippen molar-refractivity contribution in [1.82, 2.24) is 0 Å². The van der Waals surface area contributed by atoms with E-state index in [9.17, 15) is 0 Å². The van der Waals surface area contributed by atoms with Crippen LogP contribution in [-0.4, -0.2) is 0 Å². The van der Waals surface area contributed by atoms with Gasteiger partial charge in [0, 0.05) is 50.7 Å². The summed E-state index contributed by atoms with van der Waals surface area (Å²) in [7, 11) is 0. The summed E-state index contributed by atoms with van der Waals surface area (Å²) < 4.78 is 6.71. The van der Waals surface area contributed by atoms with Crippen LogP contribution in [0.1, 0.15) is 0 Å². The number of hydrogen-bond donors (Lipinski definition) is 0. The van der Waals surface area contributed by atoms with Crippen LogP contribution in [0.3, 0.4) is 0 Å². The van der Waals surface area contributed by atoms with E-state index in [4.69, 9.17) is 4.42 Å². The Kier molecular flexibility index (Phi) is 9.50. The van der Waals surface area contributed by atoms with E-state index in [1.807, 2.05) is 0 Å². The van der Waals surface area contributed by atoms with E-state index in [1.165, 1.54) is 38.4 Å². The van der Waals surface area contributed by atoms with E-state index in [1.54, 1.807) is 0 Å². The number of anilines is 6. The van der Waals surface area contributed by atoms with Gasteiger partial charge in [0.25, 0.3) is 0 Å². The molecule has 0 N–H and O–H groups in total. The minimum absolute atomic E-state index is 0.871. The highest BCUT2D eigenvalue weighted by Gasteiger charge is 2.21. The first-order chi connectivity index (χ1) is 32.2. The zero-order valence-corrected chi connectivity index (χ0v) is 35.6. The first-order valence-corrected chi connectivity index (χ1v) is 22.2. The average Bonchev–Trinajstić information content (AvgIpc) is 3.78. The Labute approximate surface area is 378 Å². The van der Waals surface area contributed by atoms with Gasteiger partial charge in [-0.3, -0.25) is 0 Å². The lowest BCUT2D eigenvalue weighted by Gasteiger charge is -2.27. The fraction of sp³-hybridized carbons (Fsp3) is 0. The third kappa shape index (κ3) is 6.97. The molecule has 0 atom stereocenters. The van der Waals surface area contributed by atoms with Gasteiger partial charge in [0.1, 0.15) is 11.2 Å². The molecule has 0 radical (unpaired) electrons. The minimum atomic E-state index is 0.871. The molecule has 3 heteroatoms. The Morgan fingerprint density at radius 3 is 1.12 bits per heavy atom. The Bertz CT molecular complexity index is 3520. The quantitative estimate of drug-likeness (QED) is 0.144. The molecule has 0 fully saturated rings. The van der Waals surface area contributed by atoms with Gasteiger partial charge in [-0.25, -0.2) is 0 Å². The van der Waals surface area contributed by atoms with Crippen molar-refractivity contribution in [1.29, 1.82) is 0 Å². The van der Waals surface area contributed by atoms with Gasteiger partial charge < -0.3 is 14.2 Å². The van der Waals surface area contributed by atoms with E-state index in [-0.39, 0.29) is 0 Å². The number of hydrogen-bond acceptors (Lipinski definition) is 3. The Morgan fingerprint density at radius 1 is 0.246 bits per heavy atom. The normalized spacial score (nSPS) is 11.4. The maximum absolute atomic E-state index is 6.71. The van der Waals surface area contributed by atoms with Gasteiger partial charge in [-0.05, 0) is 116 Å². The second-order valence-corrected chi connectivity index (χ2v) is 16.5. The Hall–Kier alpha value is -8.66. The molecule has 3 nitrogen and oxygen atoms in total. The van der Waals surface area contributed by atoms with Crippen molar-refractivity contribution in [3.8, 4) is 33.4 Å². The van der Waals surface area contributed by atoms with Crippen LogP contribution in [0, 0.1) is 0 Å². The molecule has 0 aliphatic heterocycles. The SMILES string of the molecule is c1ccc(-c2ccc(N(c3ccc(-c4ccccc4)cc3)c3ccc(-c4ccc(N(c5ccccc5)c5cc6oc7ccc8ccccc8c7c6c6ccccc56)cc4)cc3)cc2)cc1. The highest BCUT2D eigenvalue weighted by Crippen LogP contribution is 2.46. The summed E-state index contributed by atoms with van der Waals surface area (Å²) in [4.78, 5) is 4.68. The number of para-hydroxylation sites is 1. The second kappa shape index (κ2) is 16.2. The van der Waals surface area contributed by atoms with Gasteiger partial charge in [0.2, 0.25) is 0 Å². The summed E-state index contributed by atoms with van der Waals surface area (Å²) in [5.74, 6) is 0. The first kappa shape index (κ1) is 38.0. The van der Waals surface area contributed by atoms with Crippen LogP contribution in [-0.2, 0) is 0 Å². The second-order valence-electron chi connectivity index (χ2n) is 16.5. The summed E-state index contributed by atoms with van der Waals surface area (Å²) in [5.41, 5.74) is 15.3. The summed E-state index contributed by atoms with van der Waals surface area (Å²) in [6.07, 6.45) is 0. The molecule has 0 bridgehead atoms. The van der Waals surface area contributed by atoms with E-state index in [0.29, 0.717) is 0 Å². The maximum Gasteiger partial charge on any atom is 0.138 e. The summed E-state index contributed by atoms with van der Waals surface area (Å²) >= 11 is 0. The lowest BCUT2D eigenvalue weighted by molar-refractivity contribution is 0.669. The van der Waals surface area contributed by atoms with Crippen molar-refractivity contribution in [3.05, 3.63) is 255 Å². The molecule has 0 spiro atoms. The van der Waals surface area contributed by atoms with E-state index in [2.05, 4.69) is 265 Å². The standard InChI is InChI=1S/C62H42N2O/c1-4-14-43(15-5-1)45-24-33-51(34-25-45)63(52-35-26-46(27-36-52)44-16-6-2-7-17-44)53-37-28-47(29-38-53)48-30-39-54(40-31-48)64(50-19-8-3-9-20-50)58-42-60-62(57-23-13-12-22-56(57)58)61-55-21-11-10-18-49(55)32-41-59(61)65-60/h1-42H. The topological polar surface area (TPSA) is 19.6 Å². The summed E-state index contributed by atoms with van der Waals surface area (Å²) in [6.45, 7) is 0. The summed E-state index contributed by atoms with van der Waals surface area (Å²) in [5, 5.41) is 7.04. The molecule has 11 aromatic carbocycles. The van der Waals surface area contributed by atoms with Gasteiger partial charge >= 0.3 is 0 Å². The van der Waals surface area contributed by atoms with Crippen molar-refractivity contribution >= 4 is 77.6 Å². The molecule has 0 amide bonds. The minimum Gasteiger partial charge on any atom is -0.456 e. The van der Waals surface area contributed by atoms with Crippen LogP contribution in [0.25, 0.3) is 76.9 Å². The molecule has 0 aliphatic carbocycles. The van der Waals surface area contributed by atoms with Crippen molar-refractivity contribution in [2.24, 2.45) is 0 Å². The number of nitrogens with zero attached hydrogens (tertiary/aromatic N) is 2. The lowest BCUT2D eigenvalue weighted by atomic mass is 9.98. The predicted octanol–water partition coefficient (Wildman–Crippen LogP) is 17.8. The molecule has 0 saturated carbocycles. The number of rotatable bonds is 9. The van der Waals surface area contributed by atoms with Crippen LogP contribution in [0.15, 0.2) is 259 Å². The summed E-state index contributed by atoms with van der Waals surface area (Å²) in [6, 6.07) is 91.1. The predicted molar refractivity (Wildman–Crippen MR) is 274 cm³/mol. The first-order valence-electron chi connectivity index (χ1n) is 22.2. The molecule has 1 heterocycles. The highest BCUT2D eigenvalue weighted by atomic mass is 16.3. The van der Waals surface area contributed by atoms with E-state index < -0.39 is 0 Å². The molecular weight excluding hydrogens is 789 g/mol. The van der Waals surface area contributed by atoms with Gasteiger partial charge in [-0.1, -0.05) is 182 Å². The fourth-order valence-electron chi connectivity index (χ4n) is 9.49. The van der Waals surface area contributed by atoms with Gasteiger partial charge in [0.15, 0.2) is 0 Å². The van der Waals surface area contributed by atoms with Crippen molar-refractivity contribution in [2.75, 3.05) is 9.80 Å². The zero-order chi connectivity index (χ0) is 43.1. The Morgan fingerprint density at radius 2 is 0.615 bits per heavy atom. The average molecular weight is 831 g/mol. The van der Waals surface area contributed by atoms with Crippen LogP contribution >= 0.6 is 0 Å². The third-order valence-electron chi connectivity index (χ3n) is 12.7. The fourth-order valence-corrected chi connectivity index (χ4v) is 9.49. The molecule has 65 heavy (non-hydrogen) atoms. The van der Waals surface area contributed by atoms with Crippen molar-refractivity contribution in [3.63, 3.8) is 0 Å². The third-order valence-corrected chi connectivity index (χ3v) is 12.7. The molecule has 0 saturated heterocycles. The molecule has 1 aromatic heterocycles. The maximum atomic E-state index is 6.71. The smallest absolute Gasteiger partial charge is 0.138 e. The van der Waals surface area contributed by atoms with Crippen LogP contribution in [0.5, 0.6) is 0 Å². The van der Waals surface area contributed by atoms with Gasteiger partial charge in [-0.2, -0.15) is 0 Å². The molecule has 306 valence electrons. The molecule has 12 aromatic rings. The molecule has 0 unspecified atom stereocenters. The molecule has 0 aliphatic rings. The monoisotopic (exact) mass is 830 g/mol. The van der Waals surface area contributed by atoms with Crippen LogP contribution in [0.2, 0.25) is 0 Å². The lowest BCUT2D eigenvalue weighted by Crippen LogP contribution is -2.10. The molecule has 12 rings (SSSR count). The number of furan rings is 1. The molecular formula is C62H42N2O. The van der Waals surface area contributed by atoms with Gasteiger partial charge in [0.05, 0.1) is 5.69 Å². The highest BCUT2D eigenvalue weighted by molar-refractivity contribution is 6.28. The van der Waals surface area contributed by atoms with E-state index >= 15 is 0 Å². The van der Waals surface area contributed by atoms with Crippen molar-refractivity contribution in [2.45, 2.75) is 0 Å². The number of benzene rings is 11. The Balaban J connectivity index is 0.911. The van der Waals surface area contributed by atoms with Crippen molar-refractivity contribution < 1.29 is 4.42 Å². The largest absolute Gasteiger partial charge is 0.456 e. The number of fused-ring (bicyclic) bond motifs is 7. The van der Waals surface area contributed by atoms with Crippen LogP contribution in [0.4, 0.5) is 34.1 Å². The van der Waals surface area contributed by atoms with Crippen LogP contribution < -0.4 is 9.80 Å². The van der Waals surface area contributed by atoms with E-state index in [0.717, 1.165) is 72.6 Å².